The molecule has 3 N–H and O–H groups in total. The van der Waals surface area contributed by atoms with Crippen LogP contribution in [0.2, 0.25) is 0 Å². The van der Waals surface area contributed by atoms with Crippen molar-refractivity contribution in [3.8, 4) is 0 Å². The standard InChI is InChI=1S/C26H33N3O5S/c1-5-26(16-14-22(30)29-24(26)32)19-6-10-20(11-7-19)28-23(31)15-17-27-35(33,34)21-12-8-18(9-13-21)25(2,3)4/h6-13,27H,5,14-17H2,1-4H3,(H,28,31)(H,29,30,32). The number of hydrogen-bond acceptors (Lipinski definition) is 5. The number of anilines is 1. The second-order valence-corrected chi connectivity index (χ2v) is 11.6. The molecule has 0 bridgehead atoms. The first-order valence-electron chi connectivity index (χ1n) is 11.7. The van der Waals surface area contributed by atoms with E-state index in [0.717, 1.165) is 11.1 Å². The van der Waals surface area contributed by atoms with E-state index in [1.165, 1.54) is 0 Å². The maximum Gasteiger partial charge on any atom is 0.240 e. The highest BCUT2D eigenvalue weighted by Gasteiger charge is 2.42. The summed E-state index contributed by atoms with van der Waals surface area (Å²) in [6.45, 7) is 8.03. The van der Waals surface area contributed by atoms with Gasteiger partial charge in [0.2, 0.25) is 27.7 Å². The van der Waals surface area contributed by atoms with Gasteiger partial charge in [0.15, 0.2) is 0 Å². The topological polar surface area (TPSA) is 121 Å². The van der Waals surface area contributed by atoms with Crippen molar-refractivity contribution in [1.82, 2.24) is 10.0 Å². The molecule has 2 aromatic carbocycles. The van der Waals surface area contributed by atoms with Gasteiger partial charge in [0.25, 0.3) is 0 Å². The SMILES string of the molecule is CCC1(c2ccc(NC(=O)CCNS(=O)(=O)c3ccc(C(C)(C)C)cc3)cc2)CCC(=O)NC1=O. The third kappa shape index (κ3) is 6.15. The average molecular weight is 500 g/mol. The van der Waals surface area contributed by atoms with Crippen LogP contribution in [-0.2, 0) is 35.2 Å². The van der Waals surface area contributed by atoms with Crippen molar-refractivity contribution in [2.24, 2.45) is 0 Å². The van der Waals surface area contributed by atoms with Crippen LogP contribution in [0.4, 0.5) is 5.69 Å². The van der Waals surface area contributed by atoms with Crippen molar-refractivity contribution < 1.29 is 22.8 Å². The fraction of sp³-hybridized carbons (Fsp3) is 0.423. The molecular weight excluding hydrogens is 466 g/mol. The molecule has 0 spiro atoms. The summed E-state index contributed by atoms with van der Waals surface area (Å²) in [6, 6.07) is 13.7. The predicted octanol–water partition coefficient (Wildman–Crippen LogP) is 3.38. The van der Waals surface area contributed by atoms with Crippen LogP contribution in [-0.4, -0.2) is 32.7 Å². The molecule has 9 heteroatoms. The van der Waals surface area contributed by atoms with Crippen LogP contribution in [0, 0.1) is 0 Å². The van der Waals surface area contributed by atoms with Crippen LogP contribution >= 0.6 is 0 Å². The molecular formula is C26H33N3O5S. The molecule has 0 aliphatic carbocycles. The fourth-order valence-corrected chi connectivity index (χ4v) is 5.21. The molecule has 0 radical (unpaired) electrons. The number of amides is 3. The summed E-state index contributed by atoms with van der Waals surface area (Å²) < 4.78 is 27.5. The van der Waals surface area contributed by atoms with E-state index in [-0.39, 0.29) is 47.4 Å². The number of imide groups is 1. The third-order valence-corrected chi connectivity index (χ3v) is 7.94. The molecule has 1 aliphatic rings. The van der Waals surface area contributed by atoms with Crippen molar-refractivity contribution in [2.45, 2.75) is 69.1 Å². The third-order valence-electron chi connectivity index (χ3n) is 6.47. The summed E-state index contributed by atoms with van der Waals surface area (Å²) in [5.41, 5.74) is 1.51. The van der Waals surface area contributed by atoms with E-state index in [1.807, 2.05) is 6.92 Å². The van der Waals surface area contributed by atoms with Gasteiger partial charge >= 0.3 is 0 Å². The van der Waals surface area contributed by atoms with Crippen LogP contribution in [0.3, 0.4) is 0 Å². The van der Waals surface area contributed by atoms with Gasteiger partial charge in [-0.3, -0.25) is 19.7 Å². The highest BCUT2D eigenvalue weighted by Crippen LogP contribution is 2.36. The lowest BCUT2D eigenvalue weighted by Crippen LogP contribution is -2.51. The maximum atomic E-state index is 12.5. The predicted molar refractivity (Wildman–Crippen MR) is 134 cm³/mol. The lowest BCUT2D eigenvalue weighted by atomic mass is 9.72. The minimum Gasteiger partial charge on any atom is -0.326 e. The van der Waals surface area contributed by atoms with Crippen molar-refractivity contribution in [1.29, 1.82) is 0 Å². The first-order valence-corrected chi connectivity index (χ1v) is 13.2. The van der Waals surface area contributed by atoms with Crippen LogP contribution in [0.5, 0.6) is 0 Å². The zero-order chi connectivity index (χ0) is 25.9. The second-order valence-electron chi connectivity index (χ2n) is 9.86. The van der Waals surface area contributed by atoms with Gasteiger partial charge in [-0.1, -0.05) is 52.0 Å². The molecule has 3 rings (SSSR count). The minimum absolute atomic E-state index is 0.0372. The molecule has 188 valence electrons. The van der Waals surface area contributed by atoms with E-state index in [1.54, 1.807) is 48.5 Å². The summed E-state index contributed by atoms with van der Waals surface area (Å²) in [4.78, 5) is 36.6. The van der Waals surface area contributed by atoms with E-state index < -0.39 is 15.4 Å². The Bertz CT molecular complexity index is 1200. The number of carbonyl (C=O) groups excluding carboxylic acids is 3. The summed E-state index contributed by atoms with van der Waals surface area (Å²) in [5.74, 6) is -0.899. The van der Waals surface area contributed by atoms with Gasteiger partial charge in [-0.2, -0.15) is 0 Å². The Hall–Kier alpha value is -3.04. The van der Waals surface area contributed by atoms with Gasteiger partial charge in [0, 0.05) is 25.1 Å². The Kier molecular flexibility index (Phi) is 7.81. The number of nitrogens with one attached hydrogen (secondary N) is 3. The molecule has 8 nitrogen and oxygen atoms in total. The van der Waals surface area contributed by atoms with Gasteiger partial charge in [-0.05, 0) is 53.6 Å². The highest BCUT2D eigenvalue weighted by atomic mass is 32.2. The smallest absolute Gasteiger partial charge is 0.240 e. The summed E-state index contributed by atoms with van der Waals surface area (Å²) >= 11 is 0. The van der Waals surface area contributed by atoms with E-state index >= 15 is 0 Å². The lowest BCUT2D eigenvalue weighted by Gasteiger charge is -2.35. The lowest BCUT2D eigenvalue weighted by molar-refractivity contribution is -0.138. The van der Waals surface area contributed by atoms with Gasteiger partial charge < -0.3 is 5.32 Å². The molecule has 1 heterocycles. The number of carbonyl (C=O) groups is 3. The zero-order valence-corrected chi connectivity index (χ0v) is 21.4. The monoisotopic (exact) mass is 499 g/mol. The summed E-state index contributed by atoms with van der Waals surface area (Å²) in [5, 5.41) is 5.16. The highest BCUT2D eigenvalue weighted by molar-refractivity contribution is 7.89. The Morgan fingerprint density at radius 3 is 2.20 bits per heavy atom. The zero-order valence-electron chi connectivity index (χ0n) is 20.6. The van der Waals surface area contributed by atoms with Crippen molar-refractivity contribution >= 4 is 33.4 Å². The second kappa shape index (κ2) is 10.3. The number of benzene rings is 2. The molecule has 3 amide bonds. The van der Waals surface area contributed by atoms with Gasteiger partial charge in [0.05, 0.1) is 10.3 Å². The quantitative estimate of drug-likeness (QED) is 0.481. The Morgan fingerprint density at radius 1 is 1.03 bits per heavy atom. The molecule has 0 saturated carbocycles. The first-order chi connectivity index (χ1) is 16.4. The molecule has 0 aromatic heterocycles. The van der Waals surface area contributed by atoms with E-state index in [2.05, 4.69) is 36.1 Å². The number of hydrogen-bond donors (Lipinski definition) is 3. The van der Waals surface area contributed by atoms with Crippen LogP contribution in [0.25, 0.3) is 0 Å². The Labute approximate surface area is 206 Å². The van der Waals surface area contributed by atoms with Crippen molar-refractivity contribution in [3.63, 3.8) is 0 Å². The van der Waals surface area contributed by atoms with E-state index in [0.29, 0.717) is 18.5 Å². The maximum absolute atomic E-state index is 12.5. The minimum atomic E-state index is -3.72. The number of rotatable bonds is 8. The van der Waals surface area contributed by atoms with Crippen LogP contribution in [0.15, 0.2) is 53.4 Å². The van der Waals surface area contributed by atoms with Gasteiger partial charge in [0.1, 0.15) is 0 Å². The molecule has 1 saturated heterocycles. The summed E-state index contributed by atoms with van der Waals surface area (Å²) in [6.07, 6.45) is 1.25. The first kappa shape index (κ1) is 26.6. The molecule has 1 unspecified atom stereocenters. The normalized spacial score (nSPS) is 18.7. The Morgan fingerprint density at radius 2 is 1.66 bits per heavy atom. The van der Waals surface area contributed by atoms with Crippen LogP contribution in [0.1, 0.15) is 64.5 Å². The fourth-order valence-electron chi connectivity index (χ4n) is 4.18. The van der Waals surface area contributed by atoms with Crippen molar-refractivity contribution in [2.75, 3.05) is 11.9 Å². The van der Waals surface area contributed by atoms with Gasteiger partial charge in [-0.15, -0.1) is 0 Å². The molecule has 1 fully saturated rings. The summed E-state index contributed by atoms with van der Waals surface area (Å²) in [7, 11) is -3.72. The van der Waals surface area contributed by atoms with E-state index in [4.69, 9.17) is 0 Å². The average Bonchev–Trinajstić information content (AvgIpc) is 2.79. The Balaban J connectivity index is 1.55. The molecule has 2 aromatic rings. The molecule has 35 heavy (non-hydrogen) atoms. The number of sulfonamides is 1. The van der Waals surface area contributed by atoms with E-state index in [9.17, 15) is 22.8 Å². The molecule has 1 aliphatic heterocycles. The van der Waals surface area contributed by atoms with Crippen LogP contribution < -0.4 is 15.4 Å². The van der Waals surface area contributed by atoms with Crippen molar-refractivity contribution in [3.05, 3.63) is 59.7 Å². The van der Waals surface area contributed by atoms with Gasteiger partial charge in [-0.25, -0.2) is 13.1 Å². The largest absolute Gasteiger partial charge is 0.326 e. The number of piperidine rings is 1. The molecule has 1 atom stereocenters.